The van der Waals surface area contributed by atoms with Crippen LogP contribution in [-0.2, 0) is 6.42 Å². The monoisotopic (exact) mass is 530 g/mol. The number of aliphatic hydroxyl groups is 1. The highest BCUT2D eigenvalue weighted by molar-refractivity contribution is 5.85. The molecule has 1 aliphatic rings. The van der Waals surface area contributed by atoms with Gasteiger partial charge in [0.25, 0.3) is 11.8 Å². The largest absolute Gasteiger partial charge is 0.474 e. The van der Waals surface area contributed by atoms with E-state index in [1.807, 2.05) is 0 Å². The summed E-state index contributed by atoms with van der Waals surface area (Å²) in [6.07, 6.45) is 1.32. The van der Waals surface area contributed by atoms with Gasteiger partial charge in [0.1, 0.15) is 24.8 Å². The Hall–Kier alpha value is -2.83. The van der Waals surface area contributed by atoms with Gasteiger partial charge in [-0.2, -0.15) is 0 Å². The van der Waals surface area contributed by atoms with Crippen molar-refractivity contribution in [3.63, 3.8) is 0 Å². The number of aromatic amines is 1. The normalized spacial score (nSPS) is 16.5. The molecule has 2 aromatic heterocycles. The maximum Gasteiger partial charge on any atom is 0.283 e. The Kier molecular flexibility index (Phi) is 8.29. The Balaban J connectivity index is 1.73. The van der Waals surface area contributed by atoms with E-state index in [4.69, 9.17) is 9.84 Å². The summed E-state index contributed by atoms with van der Waals surface area (Å²) in [6, 6.07) is 2.64. The topological polar surface area (TPSA) is 64.6 Å². The first-order chi connectivity index (χ1) is 17.6. The first kappa shape index (κ1) is 27.2. The molecule has 12 heteroatoms. The Bertz CT molecular complexity index is 1240. The third-order valence-corrected chi connectivity index (χ3v) is 6.49. The van der Waals surface area contributed by atoms with E-state index in [1.165, 1.54) is 23.1 Å². The zero-order valence-electron chi connectivity index (χ0n) is 20.2. The number of hydrogen-bond acceptors (Lipinski definition) is 5. The van der Waals surface area contributed by atoms with Gasteiger partial charge < -0.3 is 19.7 Å². The van der Waals surface area contributed by atoms with E-state index in [0.29, 0.717) is 36.0 Å². The second-order valence-corrected chi connectivity index (χ2v) is 9.18. The average Bonchev–Trinajstić information content (AvgIpc) is 3.22. The smallest absolute Gasteiger partial charge is 0.283 e. The van der Waals surface area contributed by atoms with E-state index in [2.05, 4.69) is 9.97 Å². The van der Waals surface area contributed by atoms with Gasteiger partial charge in [-0.05, 0) is 43.7 Å². The van der Waals surface area contributed by atoms with Crippen LogP contribution in [0, 0.1) is 17.5 Å². The molecule has 0 aliphatic carbocycles. The number of alkyl halides is 3. The van der Waals surface area contributed by atoms with Crippen LogP contribution >= 0.6 is 0 Å². The molecule has 37 heavy (non-hydrogen) atoms. The lowest BCUT2D eigenvalue weighted by atomic mass is 9.91. The summed E-state index contributed by atoms with van der Waals surface area (Å²) in [4.78, 5) is 9.69. The zero-order valence-corrected chi connectivity index (χ0v) is 20.2. The number of hydrogen-bond donors (Lipinski definition) is 2. The van der Waals surface area contributed by atoms with Gasteiger partial charge in [-0.3, -0.25) is 9.29 Å². The third-order valence-electron chi connectivity index (χ3n) is 6.49. The molecule has 202 valence electrons. The summed E-state index contributed by atoms with van der Waals surface area (Å²) in [6.45, 7) is -2.13. The molecule has 0 radical (unpaired) electrons. The molecule has 1 aromatic carbocycles. The van der Waals surface area contributed by atoms with Crippen LogP contribution in [0.2, 0.25) is 0 Å². The van der Waals surface area contributed by atoms with Crippen molar-refractivity contribution in [2.45, 2.75) is 24.8 Å². The number of likely N-dealkylation sites (N-methyl/N-ethyl adjacent to an activating group) is 1. The molecule has 0 fully saturated rings. The van der Waals surface area contributed by atoms with Gasteiger partial charge in [0.2, 0.25) is 0 Å². The predicted octanol–water partition coefficient (Wildman–Crippen LogP) is 4.23. The van der Waals surface area contributed by atoms with E-state index in [1.54, 1.807) is 11.9 Å². The minimum atomic E-state index is -3.53. The second kappa shape index (κ2) is 11.3. The summed E-state index contributed by atoms with van der Waals surface area (Å²) >= 11 is 0. The molecule has 0 saturated carbocycles. The lowest BCUT2D eigenvalue weighted by Crippen LogP contribution is -2.45. The van der Waals surface area contributed by atoms with Crippen molar-refractivity contribution < 1.29 is 36.2 Å². The van der Waals surface area contributed by atoms with Crippen LogP contribution in [0.15, 0.2) is 24.4 Å². The molecule has 4 rings (SSSR count). The molecule has 0 saturated heterocycles. The fourth-order valence-corrected chi connectivity index (χ4v) is 4.71. The number of halogens is 6. The molecule has 2 N–H and O–H groups in total. The van der Waals surface area contributed by atoms with E-state index >= 15 is 8.78 Å². The number of nitrogens with one attached hydrogen (secondary N) is 1. The van der Waals surface area contributed by atoms with E-state index in [9.17, 15) is 17.6 Å². The highest BCUT2D eigenvalue weighted by Gasteiger charge is 2.41. The maximum atomic E-state index is 15.7. The number of rotatable bonds is 11. The highest BCUT2D eigenvalue weighted by Crippen LogP contribution is 2.42. The molecule has 1 aliphatic heterocycles. The van der Waals surface area contributed by atoms with Crippen molar-refractivity contribution in [2.24, 2.45) is 0 Å². The minimum Gasteiger partial charge on any atom is -0.474 e. The summed E-state index contributed by atoms with van der Waals surface area (Å²) in [7, 11) is 1.74. The first-order valence-corrected chi connectivity index (χ1v) is 11.9. The number of nitrogens with zero attached hydrogens (tertiary/aromatic N) is 3. The number of benzene rings is 1. The summed E-state index contributed by atoms with van der Waals surface area (Å²) < 4.78 is 91.2. The Labute approximate surface area is 209 Å². The molecule has 0 spiro atoms. The number of pyridine rings is 1. The maximum absolute atomic E-state index is 15.7. The van der Waals surface area contributed by atoms with E-state index in [0.717, 1.165) is 6.20 Å². The van der Waals surface area contributed by atoms with Crippen molar-refractivity contribution in [3.8, 4) is 5.88 Å². The molecule has 3 heterocycles. The molecule has 1 unspecified atom stereocenters. The van der Waals surface area contributed by atoms with Gasteiger partial charge >= 0.3 is 0 Å². The lowest BCUT2D eigenvalue weighted by Gasteiger charge is -2.37. The van der Waals surface area contributed by atoms with Crippen molar-refractivity contribution in [1.29, 1.82) is 0 Å². The van der Waals surface area contributed by atoms with Crippen LogP contribution in [0.1, 0.15) is 29.3 Å². The molecule has 3 aromatic rings. The molecular weight excluding hydrogens is 502 g/mol. The standard InChI is InChI=1S/C25H28F6N4O2/c1-34(7-2-6-26)9-10-37-24-21(29)20(18(28)12-32-24)23-22-16(5-8-35(23)13-25(30,31)14-36)17-11-15(27)3-4-19(17)33-22/h3-4,11-12,23,33,36H,2,5-10,13-14H2,1H3. The number of aromatic nitrogens is 2. The molecular formula is C25H28F6N4O2. The number of aliphatic hydroxyl groups excluding tert-OH is 1. The average molecular weight is 531 g/mol. The van der Waals surface area contributed by atoms with Gasteiger partial charge in [-0.25, -0.2) is 26.9 Å². The fraction of sp³-hybridized carbons (Fsp3) is 0.480. The van der Waals surface area contributed by atoms with Crippen LogP contribution in [0.4, 0.5) is 26.3 Å². The van der Waals surface area contributed by atoms with E-state index < -0.39 is 60.7 Å². The van der Waals surface area contributed by atoms with Crippen molar-refractivity contribution in [2.75, 3.05) is 53.1 Å². The van der Waals surface area contributed by atoms with Crippen molar-refractivity contribution >= 4 is 10.9 Å². The number of fused-ring (bicyclic) bond motifs is 3. The number of H-pyrrole nitrogens is 1. The second-order valence-electron chi connectivity index (χ2n) is 9.18. The summed E-state index contributed by atoms with van der Waals surface area (Å²) in [5, 5.41) is 9.64. The van der Waals surface area contributed by atoms with Gasteiger partial charge in [0.15, 0.2) is 5.82 Å². The van der Waals surface area contributed by atoms with Crippen molar-refractivity contribution in [1.82, 2.24) is 19.8 Å². The van der Waals surface area contributed by atoms with Gasteiger partial charge in [-0.1, -0.05) is 0 Å². The number of ether oxygens (including phenoxy) is 1. The quantitative estimate of drug-likeness (QED) is 0.364. The van der Waals surface area contributed by atoms with Crippen LogP contribution in [0.5, 0.6) is 5.88 Å². The van der Waals surface area contributed by atoms with E-state index in [-0.39, 0.29) is 25.3 Å². The van der Waals surface area contributed by atoms with Crippen LogP contribution in [-0.4, -0.2) is 83.9 Å². The summed E-state index contributed by atoms with van der Waals surface area (Å²) in [5.41, 5.74) is 0.768. The van der Waals surface area contributed by atoms with Crippen LogP contribution < -0.4 is 4.74 Å². The van der Waals surface area contributed by atoms with Crippen LogP contribution in [0.3, 0.4) is 0 Å². The molecule has 0 bridgehead atoms. The zero-order chi connectivity index (χ0) is 26.7. The molecule has 6 nitrogen and oxygen atoms in total. The lowest BCUT2D eigenvalue weighted by molar-refractivity contribution is -0.0792. The van der Waals surface area contributed by atoms with Gasteiger partial charge in [0, 0.05) is 36.2 Å². The predicted molar refractivity (Wildman–Crippen MR) is 125 cm³/mol. The van der Waals surface area contributed by atoms with Crippen molar-refractivity contribution in [3.05, 3.63) is 58.7 Å². The third kappa shape index (κ3) is 5.86. The minimum absolute atomic E-state index is 0.0204. The Morgan fingerprint density at radius 1 is 1.24 bits per heavy atom. The Morgan fingerprint density at radius 3 is 2.76 bits per heavy atom. The summed E-state index contributed by atoms with van der Waals surface area (Å²) in [5.74, 6) is -6.75. The highest BCUT2D eigenvalue weighted by atomic mass is 19.3. The first-order valence-electron chi connectivity index (χ1n) is 11.9. The van der Waals surface area contributed by atoms with Gasteiger partial charge in [-0.15, -0.1) is 0 Å². The molecule has 0 amide bonds. The van der Waals surface area contributed by atoms with Crippen LogP contribution in [0.25, 0.3) is 10.9 Å². The van der Waals surface area contributed by atoms with Gasteiger partial charge in [0.05, 0.1) is 31.0 Å². The molecule has 1 atom stereocenters. The SMILES string of the molecule is CN(CCCF)CCOc1ncc(F)c(C2c3[nH]c4ccc(F)cc4c3CCN2CC(F)(F)CO)c1F. The fourth-order valence-electron chi connectivity index (χ4n) is 4.71. The Morgan fingerprint density at radius 2 is 2.03 bits per heavy atom.